The van der Waals surface area contributed by atoms with Gasteiger partial charge in [-0.1, -0.05) is 43.3 Å². The number of primary sulfonamides is 1. The second-order valence-electron chi connectivity index (χ2n) is 5.61. The highest BCUT2D eigenvalue weighted by molar-refractivity contribution is 7.89. The summed E-state index contributed by atoms with van der Waals surface area (Å²) in [5.41, 5.74) is 10.8. The fourth-order valence-corrected chi connectivity index (χ4v) is 3.05. The molecule has 0 amide bonds. The van der Waals surface area contributed by atoms with Gasteiger partial charge < -0.3 is 27.2 Å². The molecule has 14 heteroatoms. The SMILES string of the molecule is C.C#CC.NC(O)=S.NC(O)=S.NS(=O)(=O)c1ccccc1-n1nccc1-c1ccc(Cl)cc1.O. The third-order valence-corrected chi connectivity index (χ3v) is 4.39. The highest BCUT2D eigenvalue weighted by atomic mass is 35.5. The molecule has 0 aliphatic rings. The van der Waals surface area contributed by atoms with Crippen molar-refractivity contribution in [2.24, 2.45) is 16.6 Å². The summed E-state index contributed by atoms with van der Waals surface area (Å²) < 4.78 is 25.1. The molecule has 0 atom stereocenters. The number of sulfonamides is 1. The van der Waals surface area contributed by atoms with Crippen LogP contribution in [0.15, 0.2) is 65.7 Å². The Morgan fingerprint density at radius 2 is 1.49 bits per heavy atom. The largest absolute Gasteiger partial charge is 0.487 e. The molecule has 0 saturated heterocycles. The minimum absolute atomic E-state index is 0. The molecule has 10 N–H and O–H groups in total. The summed E-state index contributed by atoms with van der Waals surface area (Å²) in [6.07, 6.45) is 6.20. The lowest BCUT2D eigenvalue weighted by molar-refractivity contribution is 0.559. The predicted molar refractivity (Wildman–Crippen MR) is 149 cm³/mol. The maximum atomic E-state index is 11.8. The second kappa shape index (κ2) is 18.1. The number of para-hydroxylation sites is 1. The molecule has 0 unspecified atom stereocenters. The van der Waals surface area contributed by atoms with E-state index in [1.807, 2.05) is 12.1 Å². The summed E-state index contributed by atoms with van der Waals surface area (Å²) >= 11 is 13.6. The molecular formula is C21H28ClN5O5S3. The minimum Gasteiger partial charge on any atom is -0.487 e. The molecule has 3 aromatic rings. The zero-order valence-corrected chi connectivity index (χ0v) is 21.0. The monoisotopic (exact) mass is 561 g/mol. The Bertz CT molecular complexity index is 1190. The number of nitrogens with two attached hydrogens (primary N) is 3. The molecule has 0 aliphatic carbocycles. The van der Waals surface area contributed by atoms with Crippen LogP contribution in [-0.4, -0.2) is 44.2 Å². The minimum atomic E-state index is -3.85. The zero-order chi connectivity index (χ0) is 25.6. The lowest BCUT2D eigenvalue weighted by Crippen LogP contribution is -2.16. The Labute approximate surface area is 220 Å². The lowest BCUT2D eigenvalue weighted by atomic mass is 10.1. The van der Waals surface area contributed by atoms with E-state index in [0.717, 1.165) is 11.3 Å². The summed E-state index contributed by atoms with van der Waals surface area (Å²) in [6, 6.07) is 15.5. The number of aliphatic hydroxyl groups excluding tert-OH is 2. The fourth-order valence-electron chi connectivity index (χ4n) is 2.21. The Balaban J connectivity index is -0.000000673. The van der Waals surface area contributed by atoms with E-state index < -0.39 is 20.4 Å². The maximum Gasteiger partial charge on any atom is 0.251 e. The van der Waals surface area contributed by atoms with Crippen molar-refractivity contribution in [3.8, 4) is 29.3 Å². The predicted octanol–water partition coefficient (Wildman–Crippen LogP) is 2.87. The first-order chi connectivity index (χ1) is 15.3. The average Bonchev–Trinajstić information content (AvgIpc) is 3.17. The normalized spacial score (nSPS) is 8.86. The van der Waals surface area contributed by atoms with Gasteiger partial charge in [-0.05, 0) is 61.7 Å². The molecule has 10 nitrogen and oxygen atoms in total. The van der Waals surface area contributed by atoms with Crippen molar-refractivity contribution in [1.82, 2.24) is 9.78 Å². The van der Waals surface area contributed by atoms with Gasteiger partial charge in [0.25, 0.3) is 10.3 Å². The highest BCUT2D eigenvalue weighted by Crippen LogP contribution is 2.26. The van der Waals surface area contributed by atoms with Gasteiger partial charge in [-0.25, -0.2) is 18.2 Å². The van der Waals surface area contributed by atoms with Crippen LogP contribution in [0.3, 0.4) is 0 Å². The van der Waals surface area contributed by atoms with Crippen molar-refractivity contribution >= 4 is 56.4 Å². The molecule has 1 aromatic heterocycles. The number of halogens is 1. The van der Waals surface area contributed by atoms with Crippen LogP contribution in [0.1, 0.15) is 14.4 Å². The van der Waals surface area contributed by atoms with Crippen LogP contribution >= 0.6 is 36.0 Å². The van der Waals surface area contributed by atoms with Crippen LogP contribution < -0.4 is 16.6 Å². The number of thiocarbonyl (C=S) groups is 2. The molecule has 1 heterocycles. The summed E-state index contributed by atoms with van der Waals surface area (Å²) in [6.45, 7) is 1.65. The van der Waals surface area contributed by atoms with Gasteiger partial charge in [0.1, 0.15) is 4.90 Å². The first-order valence-electron chi connectivity index (χ1n) is 8.61. The quantitative estimate of drug-likeness (QED) is 0.235. The fraction of sp³-hybridized carbons (Fsp3) is 0.0952. The van der Waals surface area contributed by atoms with Crippen LogP contribution in [0, 0.1) is 12.3 Å². The third kappa shape index (κ3) is 14.6. The molecule has 2 aromatic carbocycles. The first-order valence-corrected chi connectivity index (χ1v) is 11.4. The van der Waals surface area contributed by atoms with Crippen molar-refractivity contribution in [1.29, 1.82) is 0 Å². The summed E-state index contributed by atoms with van der Waals surface area (Å²) in [7, 11) is -3.85. The third-order valence-electron chi connectivity index (χ3n) is 3.18. The van der Waals surface area contributed by atoms with Gasteiger partial charge in [-0.3, -0.25) is 0 Å². The summed E-state index contributed by atoms with van der Waals surface area (Å²) in [5, 5.41) is 24.3. The van der Waals surface area contributed by atoms with Gasteiger partial charge in [0.15, 0.2) is 0 Å². The molecule has 3 rings (SSSR count). The summed E-state index contributed by atoms with van der Waals surface area (Å²) in [5.74, 6) is 2.25. The Morgan fingerprint density at radius 3 is 1.91 bits per heavy atom. The van der Waals surface area contributed by atoms with E-state index in [1.54, 1.807) is 54.2 Å². The van der Waals surface area contributed by atoms with Crippen molar-refractivity contribution in [2.75, 3.05) is 0 Å². The van der Waals surface area contributed by atoms with Crippen LogP contribution in [0.25, 0.3) is 16.9 Å². The number of aliphatic hydroxyl groups is 2. The number of hydrogen-bond acceptors (Lipinski definition) is 5. The Hall–Kier alpha value is -3.25. The topological polar surface area (TPSA) is 202 Å². The van der Waals surface area contributed by atoms with E-state index in [4.69, 9.17) is 27.0 Å². The van der Waals surface area contributed by atoms with Gasteiger partial charge in [-0.15, -0.1) is 12.3 Å². The molecule has 192 valence electrons. The molecule has 0 fully saturated rings. The van der Waals surface area contributed by atoms with Crippen LogP contribution in [0.5, 0.6) is 0 Å². The molecular weight excluding hydrogens is 534 g/mol. The van der Waals surface area contributed by atoms with E-state index in [2.05, 4.69) is 53.3 Å². The zero-order valence-electron chi connectivity index (χ0n) is 17.8. The van der Waals surface area contributed by atoms with Crippen molar-refractivity contribution in [2.45, 2.75) is 19.2 Å². The molecule has 0 bridgehead atoms. The van der Waals surface area contributed by atoms with Crippen LogP contribution in [0.4, 0.5) is 0 Å². The van der Waals surface area contributed by atoms with Gasteiger partial charge in [0.05, 0.1) is 17.6 Å². The second-order valence-corrected chi connectivity index (χ2v) is 8.42. The molecule has 0 saturated carbocycles. The number of hydrogen-bond donors (Lipinski definition) is 5. The van der Waals surface area contributed by atoms with E-state index in [0.29, 0.717) is 10.7 Å². The van der Waals surface area contributed by atoms with Gasteiger partial charge >= 0.3 is 0 Å². The van der Waals surface area contributed by atoms with Crippen molar-refractivity contribution < 1.29 is 24.1 Å². The highest BCUT2D eigenvalue weighted by Gasteiger charge is 2.17. The van der Waals surface area contributed by atoms with Gasteiger partial charge in [0, 0.05) is 10.6 Å². The Kier molecular flexibility index (Phi) is 18.8. The van der Waals surface area contributed by atoms with E-state index in [-0.39, 0.29) is 17.8 Å². The number of terminal acetylenes is 1. The van der Waals surface area contributed by atoms with Crippen molar-refractivity contribution in [3.05, 3.63) is 65.8 Å². The number of nitrogens with zero attached hydrogens (tertiary/aromatic N) is 2. The smallest absolute Gasteiger partial charge is 0.251 e. The average molecular weight is 562 g/mol. The Morgan fingerprint density at radius 1 is 1.06 bits per heavy atom. The van der Waals surface area contributed by atoms with E-state index in [1.165, 1.54) is 6.07 Å². The van der Waals surface area contributed by atoms with Gasteiger partial charge in [0.2, 0.25) is 10.0 Å². The standard InChI is InChI=1S/C15H12ClN3O2S.C3H4.2CH3NOS.CH4.H2O/c16-12-7-5-11(6-8-12)13-9-10-18-19(13)14-3-1-2-4-15(14)22(17,20)21;1-3-2;2*2-1(3)4;;/h1-10H,(H2,17,20,21);1H,2H3;2*(H3,2,3,4);1H4;1H2. The number of benzene rings is 2. The first kappa shape index (κ1) is 36.3. The summed E-state index contributed by atoms with van der Waals surface area (Å²) in [4.78, 5) is 0.0221. The van der Waals surface area contributed by atoms with Crippen molar-refractivity contribution in [3.63, 3.8) is 0 Å². The molecule has 0 spiro atoms. The van der Waals surface area contributed by atoms with E-state index in [9.17, 15) is 8.42 Å². The van der Waals surface area contributed by atoms with E-state index >= 15 is 0 Å². The molecule has 0 radical (unpaired) electrons. The van der Waals surface area contributed by atoms with Crippen LogP contribution in [-0.2, 0) is 10.0 Å². The number of aromatic nitrogens is 2. The van der Waals surface area contributed by atoms with Gasteiger partial charge in [-0.2, -0.15) is 5.10 Å². The maximum absolute atomic E-state index is 11.8. The molecule has 35 heavy (non-hydrogen) atoms. The molecule has 0 aliphatic heterocycles. The lowest BCUT2D eigenvalue weighted by Gasteiger charge is -2.11. The number of rotatable bonds is 3. The van der Waals surface area contributed by atoms with Crippen LogP contribution in [0.2, 0.25) is 5.02 Å².